The van der Waals surface area contributed by atoms with E-state index in [1.54, 1.807) is 54.7 Å². The fraction of sp³-hybridized carbons (Fsp3) is 0.111. The smallest absolute Gasteiger partial charge is 0.231 e. The van der Waals surface area contributed by atoms with E-state index in [9.17, 15) is 13.5 Å². The predicted octanol–water partition coefficient (Wildman–Crippen LogP) is 2.99. The summed E-state index contributed by atoms with van der Waals surface area (Å²) < 4.78 is 24.7. The molecule has 0 atom stereocenters. The molecular formula is C18H18N4O3S. The molecule has 0 spiro atoms. The van der Waals surface area contributed by atoms with Crippen LogP contribution in [0.25, 0.3) is 11.3 Å². The molecule has 0 radical (unpaired) electrons. The first kappa shape index (κ1) is 17.7. The van der Waals surface area contributed by atoms with E-state index in [0.717, 1.165) is 11.8 Å². The van der Waals surface area contributed by atoms with Gasteiger partial charge in [-0.1, -0.05) is 18.2 Å². The van der Waals surface area contributed by atoms with Gasteiger partial charge in [0.1, 0.15) is 5.75 Å². The fourth-order valence-corrected chi connectivity index (χ4v) is 2.84. The van der Waals surface area contributed by atoms with Crippen LogP contribution in [-0.4, -0.2) is 36.8 Å². The molecule has 0 fully saturated rings. The van der Waals surface area contributed by atoms with Gasteiger partial charge in [-0.25, -0.2) is 18.4 Å². The molecule has 7 nitrogen and oxygen atoms in total. The molecule has 0 saturated carbocycles. The third-order valence-corrected chi connectivity index (χ3v) is 4.97. The van der Waals surface area contributed by atoms with E-state index in [0.29, 0.717) is 23.0 Å². The first-order chi connectivity index (χ1) is 12.3. The van der Waals surface area contributed by atoms with Crippen molar-refractivity contribution >= 4 is 27.3 Å². The number of phenolic OH excluding ortho intramolecular Hbond substituents is 1. The number of nitrogens with one attached hydrogen (secondary N) is 1. The van der Waals surface area contributed by atoms with E-state index in [2.05, 4.69) is 15.3 Å². The van der Waals surface area contributed by atoms with E-state index in [1.807, 2.05) is 6.07 Å². The number of sulfonamides is 1. The number of hydrogen-bond acceptors (Lipinski definition) is 6. The molecule has 2 aromatic carbocycles. The van der Waals surface area contributed by atoms with Crippen molar-refractivity contribution in [1.82, 2.24) is 9.97 Å². The molecule has 2 N–H and O–H groups in total. The van der Waals surface area contributed by atoms with E-state index in [-0.39, 0.29) is 5.75 Å². The summed E-state index contributed by atoms with van der Waals surface area (Å²) in [6.45, 7) is 0. The Balaban J connectivity index is 1.91. The SMILES string of the molecule is CN(c1cccc(-c2ccnc(Nc3cccc(O)c3)n2)c1)S(C)(=O)=O. The second-order valence-electron chi connectivity index (χ2n) is 5.72. The summed E-state index contributed by atoms with van der Waals surface area (Å²) in [6, 6.07) is 15.5. The standard InChI is InChI=1S/C18H18N4O3S/c1-22(26(2,24)25)15-7-3-5-13(11-15)17-9-10-19-18(21-17)20-14-6-4-8-16(23)12-14/h3-12,23H,1-2H3,(H,19,20,21). The number of benzene rings is 2. The molecule has 8 heteroatoms. The number of hydrogen-bond donors (Lipinski definition) is 2. The van der Waals surface area contributed by atoms with Gasteiger partial charge in [0.25, 0.3) is 0 Å². The molecule has 3 aromatic rings. The van der Waals surface area contributed by atoms with Crippen molar-refractivity contribution in [3.05, 3.63) is 60.8 Å². The highest BCUT2D eigenvalue weighted by Crippen LogP contribution is 2.25. The van der Waals surface area contributed by atoms with Gasteiger partial charge in [0.2, 0.25) is 16.0 Å². The van der Waals surface area contributed by atoms with E-state index >= 15 is 0 Å². The largest absolute Gasteiger partial charge is 0.508 e. The monoisotopic (exact) mass is 370 g/mol. The van der Waals surface area contributed by atoms with Crippen LogP contribution in [-0.2, 0) is 10.0 Å². The van der Waals surface area contributed by atoms with Crippen molar-refractivity contribution in [1.29, 1.82) is 0 Å². The molecule has 0 aliphatic rings. The molecule has 0 unspecified atom stereocenters. The van der Waals surface area contributed by atoms with E-state index in [1.165, 1.54) is 11.4 Å². The summed E-state index contributed by atoms with van der Waals surface area (Å²) >= 11 is 0. The van der Waals surface area contributed by atoms with Crippen LogP contribution in [0.2, 0.25) is 0 Å². The van der Waals surface area contributed by atoms with Crippen LogP contribution in [0.1, 0.15) is 0 Å². The van der Waals surface area contributed by atoms with E-state index < -0.39 is 10.0 Å². The highest BCUT2D eigenvalue weighted by Gasteiger charge is 2.13. The molecule has 0 bridgehead atoms. The van der Waals surface area contributed by atoms with Gasteiger partial charge in [-0.3, -0.25) is 4.31 Å². The molecule has 0 saturated heterocycles. The van der Waals surface area contributed by atoms with Gasteiger partial charge in [0, 0.05) is 30.6 Å². The average molecular weight is 370 g/mol. The number of anilines is 3. The normalized spacial score (nSPS) is 11.2. The van der Waals surface area contributed by atoms with Crippen LogP contribution in [0.4, 0.5) is 17.3 Å². The molecule has 3 rings (SSSR count). The Hall–Kier alpha value is -3.13. The summed E-state index contributed by atoms with van der Waals surface area (Å²) in [5.74, 6) is 0.512. The van der Waals surface area contributed by atoms with Crippen LogP contribution < -0.4 is 9.62 Å². The highest BCUT2D eigenvalue weighted by atomic mass is 32.2. The number of phenols is 1. The minimum Gasteiger partial charge on any atom is -0.508 e. The second-order valence-corrected chi connectivity index (χ2v) is 7.74. The summed E-state index contributed by atoms with van der Waals surface area (Å²) in [4.78, 5) is 8.64. The molecule has 26 heavy (non-hydrogen) atoms. The fourth-order valence-electron chi connectivity index (χ4n) is 2.35. The van der Waals surface area contributed by atoms with Crippen molar-refractivity contribution in [2.75, 3.05) is 22.9 Å². The zero-order valence-corrected chi connectivity index (χ0v) is 15.1. The minimum absolute atomic E-state index is 0.141. The van der Waals surface area contributed by atoms with Gasteiger partial charge in [0.05, 0.1) is 17.6 Å². The minimum atomic E-state index is -3.34. The predicted molar refractivity (Wildman–Crippen MR) is 102 cm³/mol. The number of rotatable bonds is 5. The lowest BCUT2D eigenvalue weighted by molar-refractivity contribution is 0.475. The lowest BCUT2D eigenvalue weighted by atomic mass is 10.1. The molecule has 0 aliphatic heterocycles. The van der Waals surface area contributed by atoms with Crippen molar-refractivity contribution in [2.45, 2.75) is 0 Å². The first-order valence-electron chi connectivity index (χ1n) is 7.76. The van der Waals surface area contributed by atoms with Gasteiger partial charge < -0.3 is 10.4 Å². The molecular weight excluding hydrogens is 352 g/mol. The van der Waals surface area contributed by atoms with Crippen molar-refractivity contribution in [2.24, 2.45) is 0 Å². The Morgan fingerprint density at radius 2 is 1.85 bits per heavy atom. The van der Waals surface area contributed by atoms with Gasteiger partial charge in [-0.2, -0.15) is 0 Å². The Bertz CT molecular complexity index is 1040. The lowest BCUT2D eigenvalue weighted by Crippen LogP contribution is -2.24. The summed E-state index contributed by atoms with van der Waals surface area (Å²) in [5, 5.41) is 12.6. The molecule has 0 aliphatic carbocycles. The van der Waals surface area contributed by atoms with Crippen LogP contribution in [0.5, 0.6) is 5.75 Å². The average Bonchev–Trinajstić information content (AvgIpc) is 2.61. The van der Waals surface area contributed by atoms with Crippen LogP contribution in [0, 0.1) is 0 Å². The number of aromatic hydroxyl groups is 1. The molecule has 1 aromatic heterocycles. The van der Waals surface area contributed by atoms with Crippen LogP contribution in [0.3, 0.4) is 0 Å². The van der Waals surface area contributed by atoms with Crippen molar-refractivity contribution in [3.63, 3.8) is 0 Å². The zero-order chi connectivity index (χ0) is 18.7. The Labute approximate surface area is 152 Å². The first-order valence-corrected chi connectivity index (χ1v) is 9.61. The Morgan fingerprint density at radius 3 is 2.58 bits per heavy atom. The zero-order valence-electron chi connectivity index (χ0n) is 14.3. The van der Waals surface area contributed by atoms with Crippen LogP contribution in [0.15, 0.2) is 60.8 Å². The maximum absolute atomic E-state index is 11.7. The van der Waals surface area contributed by atoms with Gasteiger partial charge in [-0.15, -0.1) is 0 Å². The topological polar surface area (TPSA) is 95.4 Å². The maximum Gasteiger partial charge on any atom is 0.231 e. The quantitative estimate of drug-likeness (QED) is 0.717. The highest BCUT2D eigenvalue weighted by molar-refractivity contribution is 7.92. The second kappa shape index (κ2) is 7.01. The maximum atomic E-state index is 11.7. The Kier molecular flexibility index (Phi) is 4.77. The number of nitrogens with zero attached hydrogens (tertiary/aromatic N) is 3. The Morgan fingerprint density at radius 1 is 1.08 bits per heavy atom. The van der Waals surface area contributed by atoms with Crippen LogP contribution >= 0.6 is 0 Å². The van der Waals surface area contributed by atoms with Gasteiger partial charge in [0.15, 0.2) is 0 Å². The molecule has 1 heterocycles. The van der Waals surface area contributed by atoms with E-state index in [4.69, 9.17) is 0 Å². The number of aromatic nitrogens is 2. The van der Waals surface area contributed by atoms with Gasteiger partial charge in [-0.05, 0) is 30.3 Å². The summed E-state index contributed by atoms with van der Waals surface area (Å²) in [5.41, 5.74) is 2.62. The summed E-state index contributed by atoms with van der Waals surface area (Å²) in [7, 11) is -1.84. The summed E-state index contributed by atoms with van der Waals surface area (Å²) in [6.07, 6.45) is 2.77. The van der Waals surface area contributed by atoms with Gasteiger partial charge >= 0.3 is 0 Å². The third kappa shape index (κ3) is 4.09. The van der Waals surface area contributed by atoms with Crippen molar-refractivity contribution in [3.8, 4) is 17.0 Å². The third-order valence-electron chi connectivity index (χ3n) is 3.76. The lowest BCUT2D eigenvalue weighted by Gasteiger charge is -2.17. The molecule has 0 amide bonds. The molecule has 134 valence electrons. The van der Waals surface area contributed by atoms with Crippen molar-refractivity contribution < 1.29 is 13.5 Å².